The van der Waals surface area contributed by atoms with Crippen LogP contribution in [0.4, 0.5) is 21.8 Å². The van der Waals surface area contributed by atoms with Crippen molar-refractivity contribution in [1.29, 1.82) is 0 Å². The molecule has 1 aromatic carbocycles. The van der Waals surface area contributed by atoms with E-state index in [0.29, 0.717) is 37.7 Å². The van der Waals surface area contributed by atoms with Gasteiger partial charge in [-0.1, -0.05) is 18.2 Å². The van der Waals surface area contributed by atoms with E-state index < -0.39 is 4.92 Å². The molecule has 1 aromatic heterocycles. The molecule has 25 heavy (non-hydrogen) atoms. The van der Waals surface area contributed by atoms with Gasteiger partial charge in [0.1, 0.15) is 12.0 Å². The molecule has 0 aliphatic carbocycles. The van der Waals surface area contributed by atoms with E-state index in [1.54, 1.807) is 12.1 Å². The second-order valence-corrected chi connectivity index (χ2v) is 5.92. The topological polar surface area (TPSA) is 101 Å². The molecule has 132 valence electrons. The minimum atomic E-state index is -0.604. The van der Waals surface area contributed by atoms with E-state index in [0.717, 1.165) is 6.20 Å². The maximum atomic E-state index is 14.0. The van der Waals surface area contributed by atoms with Gasteiger partial charge in [0.2, 0.25) is 11.8 Å². The fourth-order valence-electron chi connectivity index (χ4n) is 2.99. The SMILES string of the molecule is CC(c1ccccc1F)N1CCN(c2ncc([N+](=O)[O-])c(N)n2)CC1. The minimum absolute atomic E-state index is 0.0359. The van der Waals surface area contributed by atoms with Gasteiger partial charge in [0.05, 0.1) is 4.92 Å². The van der Waals surface area contributed by atoms with E-state index >= 15 is 0 Å². The van der Waals surface area contributed by atoms with E-state index in [9.17, 15) is 14.5 Å². The third-order valence-electron chi connectivity index (χ3n) is 4.48. The highest BCUT2D eigenvalue weighted by molar-refractivity contribution is 5.53. The number of nitrogens with two attached hydrogens (primary N) is 1. The summed E-state index contributed by atoms with van der Waals surface area (Å²) in [5.41, 5.74) is 6.00. The van der Waals surface area contributed by atoms with Gasteiger partial charge in [0, 0.05) is 37.8 Å². The van der Waals surface area contributed by atoms with Gasteiger partial charge in [-0.3, -0.25) is 15.0 Å². The van der Waals surface area contributed by atoms with Gasteiger partial charge in [-0.05, 0) is 13.0 Å². The number of nitrogen functional groups attached to an aromatic ring is 1. The molecule has 1 atom stereocenters. The van der Waals surface area contributed by atoms with E-state index in [4.69, 9.17) is 5.73 Å². The second kappa shape index (κ2) is 6.98. The summed E-state index contributed by atoms with van der Waals surface area (Å²) >= 11 is 0. The smallest absolute Gasteiger partial charge is 0.329 e. The van der Waals surface area contributed by atoms with Crippen molar-refractivity contribution in [3.63, 3.8) is 0 Å². The summed E-state index contributed by atoms with van der Waals surface area (Å²) in [6.07, 6.45) is 1.13. The van der Waals surface area contributed by atoms with Crippen molar-refractivity contribution in [2.24, 2.45) is 0 Å². The van der Waals surface area contributed by atoms with Gasteiger partial charge in [-0.15, -0.1) is 0 Å². The molecule has 1 unspecified atom stereocenters. The van der Waals surface area contributed by atoms with E-state index in [-0.39, 0.29) is 23.4 Å². The maximum Gasteiger partial charge on any atom is 0.329 e. The first-order valence-electron chi connectivity index (χ1n) is 7.97. The molecule has 1 saturated heterocycles. The number of halogens is 1. The first-order valence-corrected chi connectivity index (χ1v) is 7.97. The van der Waals surface area contributed by atoms with Crippen molar-refractivity contribution in [2.75, 3.05) is 36.8 Å². The Morgan fingerprint density at radius 3 is 2.56 bits per heavy atom. The lowest BCUT2D eigenvalue weighted by atomic mass is 10.1. The van der Waals surface area contributed by atoms with Crippen LogP contribution in [0.3, 0.4) is 0 Å². The largest absolute Gasteiger partial charge is 0.378 e. The highest BCUT2D eigenvalue weighted by Gasteiger charge is 2.25. The first kappa shape index (κ1) is 17.0. The van der Waals surface area contributed by atoms with Crippen molar-refractivity contribution in [3.8, 4) is 0 Å². The number of anilines is 2. The fraction of sp³-hybridized carbons (Fsp3) is 0.375. The highest BCUT2D eigenvalue weighted by Crippen LogP contribution is 2.25. The van der Waals surface area contributed by atoms with Crippen LogP contribution < -0.4 is 10.6 Å². The van der Waals surface area contributed by atoms with Crippen molar-refractivity contribution in [1.82, 2.24) is 14.9 Å². The van der Waals surface area contributed by atoms with Gasteiger partial charge in [0.15, 0.2) is 0 Å². The number of nitrogens with zero attached hydrogens (tertiary/aromatic N) is 5. The van der Waals surface area contributed by atoms with Crippen LogP contribution >= 0.6 is 0 Å². The molecule has 0 bridgehead atoms. The van der Waals surface area contributed by atoms with E-state index in [1.165, 1.54) is 6.07 Å². The van der Waals surface area contributed by atoms with Crippen molar-refractivity contribution in [3.05, 3.63) is 52.0 Å². The molecule has 2 aromatic rings. The zero-order valence-electron chi connectivity index (χ0n) is 13.8. The van der Waals surface area contributed by atoms with Crippen LogP contribution in [0.25, 0.3) is 0 Å². The van der Waals surface area contributed by atoms with Crippen LogP contribution in [0.1, 0.15) is 18.5 Å². The zero-order valence-corrected chi connectivity index (χ0v) is 13.8. The number of rotatable bonds is 4. The van der Waals surface area contributed by atoms with Crippen LogP contribution in [0.15, 0.2) is 30.5 Å². The van der Waals surface area contributed by atoms with E-state index in [1.807, 2.05) is 17.9 Å². The number of hydrogen-bond donors (Lipinski definition) is 1. The Balaban J connectivity index is 1.67. The van der Waals surface area contributed by atoms with Crippen molar-refractivity contribution in [2.45, 2.75) is 13.0 Å². The number of piperazine rings is 1. The van der Waals surface area contributed by atoms with Gasteiger partial charge < -0.3 is 10.6 Å². The molecule has 2 heterocycles. The zero-order chi connectivity index (χ0) is 18.0. The number of benzene rings is 1. The summed E-state index contributed by atoms with van der Waals surface area (Å²) in [4.78, 5) is 22.4. The molecule has 0 amide bonds. The van der Waals surface area contributed by atoms with E-state index in [2.05, 4.69) is 14.9 Å². The minimum Gasteiger partial charge on any atom is -0.378 e. The Labute approximate surface area is 144 Å². The van der Waals surface area contributed by atoms with Gasteiger partial charge in [-0.2, -0.15) is 4.98 Å². The van der Waals surface area contributed by atoms with Crippen LogP contribution in [-0.2, 0) is 0 Å². The van der Waals surface area contributed by atoms with Crippen molar-refractivity contribution < 1.29 is 9.31 Å². The summed E-state index contributed by atoms with van der Waals surface area (Å²) in [5, 5.41) is 10.8. The van der Waals surface area contributed by atoms with Gasteiger partial charge >= 0.3 is 5.69 Å². The van der Waals surface area contributed by atoms with Crippen LogP contribution in [0.5, 0.6) is 0 Å². The van der Waals surface area contributed by atoms with Crippen molar-refractivity contribution >= 4 is 17.5 Å². The predicted octanol–water partition coefficient (Wildman–Crippen LogP) is 1.99. The third kappa shape index (κ3) is 3.50. The van der Waals surface area contributed by atoms with Crippen LogP contribution in [0, 0.1) is 15.9 Å². The molecule has 0 radical (unpaired) electrons. The average Bonchev–Trinajstić information content (AvgIpc) is 2.61. The molecule has 2 N–H and O–H groups in total. The number of aromatic nitrogens is 2. The molecule has 0 spiro atoms. The quantitative estimate of drug-likeness (QED) is 0.667. The number of hydrogen-bond acceptors (Lipinski definition) is 7. The average molecular weight is 346 g/mol. The molecule has 1 aliphatic rings. The molecule has 8 nitrogen and oxygen atoms in total. The molecular weight excluding hydrogens is 327 g/mol. The second-order valence-electron chi connectivity index (χ2n) is 5.92. The molecule has 0 saturated carbocycles. The standard InChI is InChI=1S/C16H19FN6O2/c1-11(12-4-2-3-5-13(12)17)21-6-8-22(9-7-21)16-19-10-14(23(24)25)15(18)20-16/h2-5,10-11H,6-9H2,1H3,(H2,18,19,20). The Kier molecular flexibility index (Phi) is 4.75. The summed E-state index contributed by atoms with van der Waals surface area (Å²) in [7, 11) is 0. The molecule has 1 fully saturated rings. The Hall–Kier alpha value is -2.81. The lowest BCUT2D eigenvalue weighted by Crippen LogP contribution is -2.47. The van der Waals surface area contributed by atoms with Crippen LogP contribution in [-0.4, -0.2) is 46.0 Å². The summed E-state index contributed by atoms with van der Waals surface area (Å²) in [6, 6.07) is 6.74. The summed E-state index contributed by atoms with van der Waals surface area (Å²) < 4.78 is 14.0. The molecule has 9 heteroatoms. The number of nitro groups is 1. The lowest BCUT2D eigenvalue weighted by Gasteiger charge is -2.38. The monoisotopic (exact) mass is 346 g/mol. The van der Waals surface area contributed by atoms with Gasteiger partial charge in [-0.25, -0.2) is 9.37 Å². The predicted molar refractivity (Wildman–Crippen MR) is 91.7 cm³/mol. The normalized spacial score (nSPS) is 16.6. The fourth-order valence-corrected chi connectivity index (χ4v) is 2.99. The summed E-state index contributed by atoms with van der Waals surface area (Å²) in [5.74, 6) is 0.0300. The molecular formula is C16H19FN6O2. The van der Waals surface area contributed by atoms with Crippen LogP contribution in [0.2, 0.25) is 0 Å². The molecule has 1 aliphatic heterocycles. The summed E-state index contributed by atoms with van der Waals surface area (Å²) in [6.45, 7) is 4.66. The Bertz CT molecular complexity index is 779. The molecule has 3 rings (SSSR count). The highest BCUT2D eigenvalue weighted by atomic mass is 19.1. The Morgan fingerprint density at radius 1 is 1.28 bits per heavy atom. The first-order chi connectivity index (χ1) is 12.0. The Morgan fingerprint density at radius 2 is 1.96 bits per heavy atom. The maximum absolute atomic E-state index is 14.0. The lowest BCUT2D eigenvalue weighted by molar-refractivity contribution is -0.384. The third-order valence-corrected chi connectivity index (χ3v) is 4.48. The van der Waals surface area contributed by atoms with Gasteiger partial charge in [0.25, 0.3) is 0 Å².